The van der Waals surface area contributed by atoms with E-state index in [9.17, 15) is 9.90 Å². The van der Waals surface area contributed by atoms with Crippen LogP contribution in [0, 0.1) is 0 Å². The Bertz CT molecular complexity index is 510. The monoisotopic (exact) mass is 325 g/mol. The number of carbonyl (C=O) groups is 1. The number of nitrogens with one attached hydrogen (secondary N) is 1. The van der Waals surface area contributed by atoms with Crippen molar-refractivity contribution in [3.63, 3.8) is 0 Å². The molecule has 2 N–H and O–H groups in total. The highest BCUT2D eigenvalue weighted by Crippen LogP contribution is 2.32. The molecule has 6 heteroatoms. The van der Waals surface area contributed by atoms with Gasteiger partial charge in [0.25, 0.3) is 0 Å². The van der Waals surface area contributed by atoms with Gasteiger partial charge >= 0.3 is 6.09 Å². The lowest BCUT2D eigenvalue weighted by molar-refractivity contribution is 0.0748. The Labute approximate surface area is 137 Å². The standard InChI is InChI=1S/C17H27NO5/c1-6-22-15-11-12(7-8-14(15)21-5)13(9-10-19)23-16(20)18-17(2,3)4/h7-8,11,13,19H,6,9-10H2,1-5H3,(H,18,20). The van der Waals surface area contributed by atoms with Gasteiger partial charge in [-0.3, -0.25) is 0 Å². The van der Waals surface area contributed by atoms with E-state index in [4.69, 9.17) is 14.2 Å². The van der Waals surface area contributed by atoms with Crippen molar-refractivity contribution in [1.82, 2.24) is 5.32 Å². The summed E-state index contributed by atoms with van der Waals surface area (Å²) in [5.41, 5.74) is 0.351. The molecule has 1 atom stereocenters. The molecule has 0 fully saturated rings. The van der Waals surface area contributed by atoms with Gasteiger partial charge in [-0.2, -0.15) is 0 Å². The van der Waals surface area contributed by atoms with Gasteiger partial charge in [-0.15, -0.1) is 0 Å². The molecule has 1 rings (SSSR count). The van der Waals surface area contributed by atoms with E-state index in [1.54, 1.807) is 25.3 Å². The molecule has 0 aliphatic carbocycles. The van der Waals surface area contributed by atoms with E-state index in [0.29, 0.717) is 24.5 Å². The summed E-state index contributed by atoms with van der Waals surface area (Å²) >= 11 is 0. The molecule has 0 radical (unpaired) electrons. The minimum Gasteiger partial charge on any atom is -0.493 e. The van der Waals surface area contributed by atoms with E-state index in [1.807, 2.05) is 27.7 Å². The van der Waals surface area contributed by atoms with Crippen LogP contribution in [-0.4, -0.2) is 37.1 Å². The molecule has 0 aromatic heterocycles. The molecule has 1 aromatic carbocycles. The van der Waals surface area contributed by atoms with Crippen LogP contribution in [0.1, 0.15) is 45.8 Å². The number of methoxy groups -OCH3 is 1. The predicted octanol–water partition coefficient (Wildman–Crippen LogP) is 3.04. The Kier molecular flexibility index (Phi) is 7.16. The van der Waals surface area contributed by atoms with Gasteiger partial charge in [0.15, 0.2) is 11.5 Å². The third-order valence-corrected chi connectivity index (χ3v) is 2.98. The van der Waals surface area contributed by atoms with Gasteiger partial charge in [-0.1, -0.05) is 6.07 Å². The highest BCUT2D eigenvalue weighted by atomic mass is 16.6. The van der Waals surface area contributed by atoms with E-state index in [0.717, 1.165) is 5.56 Å². The summed E-state index contributed by atoms with van der Waals surface area (Å²) in [5.74, 6) is 1.19. The summed E-state index contributed by atoms with van der Waals surface area (Å²) < 4.78 is 16.2. The first kappa shape index (κ1) is 19.1. The molecule has 0 heterocycles. The van der Waals surface area contributed by atoms with Crippen molar-refractivity contribution in [2.45, 2.75) is 45.8 Å². The molecule has 0 aliphatic heterocycles. The van der Waals surface area contributed by atoms with Crippen molar-refractivity contribution >= 4 is 6.09 Å². The molecule has 1 aromatic rings. The average Bonchev–Trinajstić information content (AvgIpc) is 2.45. The van der Waals surface area contributed by atoms with Crippen LogP contribution in [0.5, 0.6) is 11.5 Å². The van der Waals surface area contributed by atoms with Gasteiger partial charge < -0.3 is 24.6 Å². The van der Waals surface area contributed by atoms with Crippen LogP contribution in [0.25, 0.3) is 0 Å². The van der Waals surface area contributed by atoms with Gasteiger partial charge in [0.05, 0.1) is 13.7 Å². The summed E-state index contributed by atoms with van der Waals surface area (Å²) in [5, 5.41) is 12.0. The molecule has 0 aliphatic rings. The minimum absolute atomic E-state index is 0.0938. The van der Waals surface area contributed by atoms with Gasteiger partial charge in [0, 0.05) is 18.6 Å². The van der Waals surface area contributed by atoms with Crippen molar-refractivity contribution in [2.24, 2.45) is 0 Å². The molecular weight excluding hydrogens is 298 g/mol. The molecule has 6 nitrogen and oxygen atoms in total. The number of aliphatic hydroxyl groups is 1. The van der Waals surface area contributed by atoms with E-state index in [-0.39, 0.29) is 6.61 Å². The number of amides is 1. The van der Waals surface area contributed by atoms with Gasteiger partial charge in [-0.05, 0) is 45.4 Å². The minimum atomic E-state index is -0.563. The van der Waals surface area contributed by atoms with E-state index < -0.39 is 17.7 Å². The first-order valence-electron chi connectivity index (χ1n) is 7.71. The summed E-state index contributed by atoms with van der Waals surface area (Å²) in [6, 6.07) is 5.33. The maximum Gasteiger partial charge on any atom is 0.408 e. The van der Waals surface area contributed by atoms with Crippen LogP contribution < -0.4 is 14.8 Å². The number of alkyl carbamates (subject to hydrolysis) is 1. The summed E-state index contributed by atoms with van der Waals surface area (Å²) in [6.45, 7) is 7.89. The second kappa shape index (κ2) is 8.62. The fourth-order valence-electron chi connectivity index (χ4n) is 2.04. The molecule has 0 saturated heterocycles. The van der Waals surface area contributed by atoms with E-state index in [2.05, 4.69) is 5.32 Å². The third-order valence-electron chi connectivity index (χ3n) is 2.98. The van der Waals surface area contributed by atoms with Gasteiger partial charge in [0.2, 0.25) is 0 Å². The van der Waals surface area contributed by atoms with Crippen molar-refractivity contribution in [2.75, 3.05) is 20.3 Å². The molecule has 0 spiro atoms. The lowest BCUT2D eigenvalue weighted by Gasteiger charge is -2.24. The third kappa shape index (κ3) is 6.36. The molecular formula is C17H27NO5. The molecule has 0 saturated carbocycles. The Morgan fingerprint density at radius 1 is 1.30 bits per heavy atom. The Balaban J connectivity index is 2.96. The highest BCUT2D eigenvalue weighted by molar-refractivity contribution is 5.68. The number of carbonyl (C=O) groups excluding carboxylic acids is 1. The zero-order valence-corrected chi connectivity index (χ0v) is 14.5. The predicted molar refractivity (Wildman–Crippen MR) is 88.0 cm³/mol. The van der Waals surface area contributed by atoms with Gasteiger partial charge in [0.1, 0.15) is 6.10 Å². The first-order valence-corrected chi connectivity index (χ1v) is 7.71. The summed E-state index contributed by atoms with van der Waals surface area (Å²) in [6.07, 6.45) is -0.785. The van der Waals surface area contributed by atoms with Crippen LogP contribution >= 0.6 is 0 Å². The number of hydrogen-bond acceptors (Lipinski definition) is 5. The number of rotatable bonds is 7. The maximum absolute atomic E-state index is 12.0. The quantitative estimate of drug-likeness (QED) is 0.806. The largest absolute Gasteiger partial charge is 0.493 e. The van der Waals surface area contributed by atoms with Crippen molar-refractivity contribution < 1.29 is 24.1 Å². The smallest absolute Gasteiger partial charge is 0.408 e. The van der Waals surface area contributed by atoms with Crippen LogP contribution in [0.3, 0.4) is 0 Å². The zero-order valence-electron chi connectivity index (χ0n) is 14.5. The lowest BCUT2D eigenvalue weighted by Crippen LogP contribution is -2.41. The van der Waals surface area contributed by atoms with Crippen LogP contribution in [0.15, 0.2) is 18.2 Å². The second-order valence-electron chi connectivity index (χ2n) is 6.12. The Hall–Kier alpha value is -1.95. The lowest BCUT2D eigenvalue weighted by atomic mass is 10.1. The highest BCUT2D eigenvalue weighted by Gasteiger charge is 2.21. The zero-order chi connectivity index (χ0) is 17.5. The molecule has 130 valence electrons. The molecule has 23 heavy (non-hydrogen) atoms. The number of hydrogen-bond donors (Lipinski definition) is 2. The summed E-state index contributed by atoms with van der Waals surface area (Å²) in [4.78, 5) is 12.0. The molecule has 1 unspecified atom stereocenters. The molecule has 1 amide bonds. The molecule has 0 bridgehead atoms. The topological polar surface area (TPSA) is 77.0 Å². The second-order valence-corrected chi connectivity index (χ2v) is 6.12. The van der Waals surface area contributed by atoms with Crippen molar-refractivity contribution in [1.29, 1.82) is 0 Å². The Morgan fingerprint density at radius 3 is 2.52 bits per heavy atom. The maximum atomic E-state index is 12.0. The number of aliphatic hydroxyl groups excluding tert-OH is 1. The van der Waals surface area contributed by atoms with Crippen molar-refractivity contribution in [3.05, 3.63) is 23.8 Å². The van der Waals surface area contributed by atoms with Crippen LogP contribution in [0.4, 0.5) is 4.79 Å². The van der Waals surface area contributed by atoms with Crippen molar-refractivity contribution in [3.8, 4) is 11.5 Å². The normalized spacial score (nSPS) is 12.4. The average molecular weight is 325 g/mol. The Morgan fingerprint density at radius 2 is 2.00 bits per heavy atom. The first-order chi connectivity index (χ1) is 10.8. The van der Waals surface area contributed by atoms with E-state index >= 15 is 0 Å². The van der Waals surface area contributed by atoms with Crippen LogP contribution in [-0.2, 0) is 4.74 Å². The van der Waals surface area contributed by atoms with Gasteiger partial charge in [-0.25, -0.2) is 4.79 Å². The fraction of sp³-hybridized carbons (Fsp3) is 0.588. The number of ether oxygens (including phenoxy) is 3. The van der Waals surface area contributed by atoms with E-state index in [1.165, 1.54) is 0 Å². The number of benzene rings is 1. The fourth-order valence-corrected chi connectivity index (χ4v) is 2.04. The van der Waals surface area contributed by atoms with Crippen LogP contribution in [0.2, 0.25) is 0 Å². The summed E-state index contributed by atoms with van der Waals surface area (Å²) in [7, 11) is 1.57. The SMILES string of the molecule is CCOc1cc(C(CCO)OC(=O)NC(C)(C)C)ccc1OC.